The van der Waals surface area contributed by atoms with Crippen molar-refractivity contribution in [3.8, 4) is 0 Å². The van der Waals surface area contributed by atoms with Gasteiger partial charge >= 0.3 is 0 Å². The Balaban J connectivity index is 1.96. The zero-order chi connectivity index (χ0) is 21.3. The number of anilines is 1. The van der Waals surface area contributed by atoms with Crippen molar-refractivity contribution in [2.24, 2.45) is 5.92 Å². The van der Waals surface area contributed by atoms with Crippen molar-refractivity contribution in [1.29, 1.82) is 0 Å². The van der Waals surface area contributed by atoms with Crippen LogP contribution in [-0.2, 0) is 4.79 Å². The molecule has 3 amide bonds. The molecular formula is C24H28N2O3. The van der Waals surface area contributed by atoms with Crippen molar-refractivity contribution in [3.63, 3.8) is 0 Å². The average Bonchev–Trinajstić information content (AvgIpc) is 2.92. The number of amides is 3. The summed E-state index contributed by atoms with van der Waals surface area (Å²) in [6.07, 6.45) is 0.403. The van der Waals surface area contributed by atoms with Crippen LogP contribution in [0.15, 0.2) is 42.5 Å². The average molecular weight is 392 g/mol. The molecule has 1 heterocycles. The van der Waals surface area contributed by atoms with E-state index in [2.05, 4.69) is 19.2 Å². The van der Waals surface area contributed by atoms with Gasteiger partial charge in [-0.15, -0.1) is 0 Å². The molecule has 3 rings (SSSR count). The second kappa shape index (κ2) is 8.19. The molecule has 1 atom stereocenters. The summed E-state index contributed by atoms with van der Waals surface area (Å²) in [6.45, 7) is 10.0. The maximum atomic E-state index is 13.3. The molecule has 0 saturated heterocycles. The van der Waals surface area contributed by atoms with Crippen molar-refractivity contribution in [1.82, 2.24) is 4.90 Å². The van der Waals surface area contributed by atoms with Crippen molar-refractivity contribution in [3.05, 3.63) is 64.7 Å². The minimum absolute atomic E-state index is 0.136. The first-order valence-electron chi connectivity index (χ1n) is 10.1. The van der Waals surface area contributed by atoms with Gasteiger partial charge in [0.05, 0.1) is 11.1 Å². The summed E-state index contributed by atoms with van der Waals surface area (Å²) < 4.78 is 0. The predicted molar refractivity (Wildman–Crippen MR) is 114 cm³/mol. The molecule has 29 heavy (non-hydrogen) atoms. The minimum Gasteiger partial charge on any atom is -0.324 e. The number of carbonyl (C=O) groups excluding carboxylic acids is 3. The Bertz CT molecular complexity index is 927. The van der Waals surface area contributed by atoms with Gasteiger partial charge in [-0.1, -0.05) is 58.0 Å². The van der Waals surface area contributed by atoms with Crippen LogP contribution in [0.25, 0.3) is 0 Å². The number of benzene rings is 2. The SMILES string of the molecule is Cc1cccc(C(C)C)c1NC(=O)[C@H](CC(C)C)N1C(=O)c2ccccc2C1=O. The number of nitrogens with zero attached hydrogens (tertiary/aromatic N) is 1. The predicted octanol–water partition coefficient (Wildman–Crippen LogP) is 4.77. The Morgan fingerprint density at radius 1 is 0.931 bits per heavy atom. The molecule has 0 aliphatic carbocycles. The summed E-state index contributed by atoms with van der Waals surface area (Å²) in [5, 5.41) is 3.03. The maximum Gasteiger partial charge on any atom is 0.262 e. The lowest BCUT2D eigenvalue weighted by atomic mass is 9.97. The smallest absolute Gasteiger partial charge is 0.262 e. The van der Waals surface area contributed by atoms with E-state index in [4.69, 9.17) is 0 Å². The van der Waals surface area contributed by atoms with Crippen LogP contribution in [0.1, 0.15) is 71.9 Å². The summed E-state index contributed by atoms with van der Waals surface area (Å²) in [5.41, 5.74) is 3.47. The van der Waals surface area contributed by atoms with Gasteiger partial charge in [0.2, 0.25) is 5.91 Å². The summed E-state index contributed by atoms with van der Waals surface area (Å²) in [5.74, 6) is -0.769. The lowest BCUT2D eigenvalue weighted by Gasteiger charge is -2.28. The molecule has 5 nitrogen and oxygen atoms in total. The number of rotatable bonds is 6. The van der Waals surface area contributed by atoms with Gasteiger partial charge in [0, 0.05) is 5.69 Å². The molecule has 0 spiro atoms. The van der Waals surface area contributed by atoms with E-state index in [-0.39, 0.29) is 17.7 Å². The highest BCUT2D eigenvalue weighted by molar-refractivity contribution is 6.23. The highest BCUT2D eigenvalue weighted by Gasteiger charge is 2.42. The lowest BCUT2D eigenvalue weighted by molar-refractivity contribution is -0.120. The number of hydrogen-bond donors (Lipinski definition) is 1. The van der Waals surface area contributed by atoms with Crippen LogP contribution < -0.4 is 5.32 Å². The Morgan fingerprint density at radius 2 is 1.52 bits per heavy atom. The number of nitrogens with one attached hydrogen (secondary N) is 1. The molecule has 0 bridgehead atoms. The Kier molecular flexibility index (Phi) is 5.87. The maximum absolute atomic E-state index is 13.3. The first kappa shape index (κ1) is 20.8. The van der Waals surface area contributed by atoms with E-state index in [1.165, 1.54) is 0 Å². The van der Waals surface area contributed by atoms with Gasteiger partial charge in [0.15, 0.2) is 0 Å². The highest BCUT2D eigenvalue weighted by atomic mass is 16.2. The van der Waals surface area contributed by atoms with Crippen molar-refractivity contribution >= 4 is 23.4 Å². The third kappa shape index (κ3) is 3.95. The molecule has 1 aliphatic heterocycles. The first-order chi connectivity index (χ1) is 13.7. The molecule has 0 aromatic heterocycles. The standard InChI is InChI=1S/C24H28N2O3/c1-14(2)13-20(26-23(28)18-10-6-7-11-19(18)24(26)29)22(27)25-21-16(5)9-8-12-17(21)15(3)4/h6-12,14-15,20H,13H2,1-5H3,(H,25,27)/t20-/m0/s1. The quantitative estimate of drug-likeness (QED) is 0.720. The van der Waals surface area contributed by atoms with Crippen LogP contribution in [0, 0.1) is 12.8 Å². The molecule has 0 radical (unpaired) electrons. The second-order valence-corrected chi connectivity index (χ2v) is 8.35. The number of hydrogen-bond acceptors (Lipinski definition) is 3. The lowest BCUT2D eigenvalue weighted by Crippen LogP contribution is -2.48. The van der Waals surface area contributed by atoms with Crippen LogP contribution in [0.5, 0.6) is 0 Å². The molecule has 1 N–H and O–H groups in total. The van der Waals surface area contributed by atoms with E-state index < -0.39 is 17.9 Å². The van der Waals surface area contributed by atoms with Crippen LogP contribution in [0.2, 0.25) is 0 Å². The van der Waals surface area contributed by atoms with E-state index >= 15 is 0 Å². The van der Waals surface area contributed by atoms with Crippen LogP contribution in [-0.4, -0.2) is 28.7 Å². The number of imide groups is 1. The normalized spacial score (nSPS) is 14.5. The van der Waals surface area contributed by atoms with Gasteiger partial charge in [0.1, 0.15) is 6.04 Å². The molecule has 152 valence electrons. The number of para-hydroxylation sites is 1. The third-order valence-corrected chi connectivity index (χ3v) is 5.31. The van der Waals surface area contributed by atoms with Gasteiger partial charge in [0.25, 0.3) is 11.8 Å². The van der Waals surface area contributed by atoms with E-state index in [9.17, 15) is 14.4 Å². The first-order valence-corrected chi connectivity index (χ1v) is 10.1. The van der Waals surface area contributed by atoms with E-state index in [0.29, 0.717) is 17.5 Å². The number of aryl methyl sites for hydroxylation is 1. The van der Waals surface area contributed by atoms with Crippen molar-refractivity contribution < 1.29 is 14.4 Å². The van der Waals surface area contributed by atoms with Crippen LogP contribution in [0.4, 0.5) is 5.69 Å². The Labute approximate surface area is 172 Å². The Morgan fingerprint density at radius 3 is 2.03 bits per heavy atom. The fourth-order valence-corrected chi connectivity index (χ4v) is 3.82. The van der Waals surface area contributed by atoms with E-state index in [1.807, 2.05) is 39.0 Å². The zero-order valence-electron chi connectivity index (χ0n) is 17.7. The molecule has 1 aliphatic rings. The Hall–Kier alpha value is -2.95. The largest absolute Gasteiger partial charge is 0.324 e. The third-order valence-electron chi connectivity index (χ3n) is 5.31. The molecule has 0 unspecified atom stereocenters. The van der Waals surface area contributed by atoms with Gasteiger partial charge in [-0.2, -0.15) is 0 Å². The van der Waals surface area contributed by atoms with E-state index in [0.717, 1.165) is 21.7 Å². The van der Waals surface area contributed by atoms with Gasteiger partial charge in [-0.3, -0.25) is 19.3 Å². The summed E-state index contributed by atoms with van der Waals surface area (Å²) in [6, 6.07) is 11.8. The monoisotopic (exact) mass is 392 g/mol. The van der Waals surface area contributed by atoms with Gasteiger partial charge < -0.3 is 5.32 Å². The number of fused-ring (bicyclic) bond motifs is 1. The molecule has 0 fully saturated rings. The summed E-state index contributed by atoms with van der Waals surface area (Å²) >= 11 is 0. The molecule has 2 aromatic rings. The van der Waals surface area contributed by atoms with Crippen LogP contribution in [0.3, 0.4) is 0 Å². The minimum atomic E-state index is -0.859. The summed E-state index contributed by atoms with van der Waals surface area (Å²) in [4.78, 5) is 40.4. The summed E-state index contributed by atoms with van der Waals surface area (Å²) in [7, 11) is 0. The molecular weight excluding hydrogens is 364 g/mol. The van der Waals surface area contributed by atoms with Crippen LogP contribution >= 0.6 is 0 Å². The van der Waals surface area contributed by atoms with Gasteiger partial charge in [-0.25, -0.2) is 0 Å². The van der Waals surface area contributed by atoms with E-state index in [1.54, 1.807) is 24.3 Å². The molecule has 0 saturated carbocycles. The fourth-order valence-electron chi connectivity index (χ4n) is 3.82. The second-order valence-electron chi connectivity index (χ2n) is 8.35. The van der Waals surface area contributed by atoms with Crippen molar-refractivity contribution in [2.75, 3.05) is 5.32 Å². The molecule has 2 aromatic carbocycles. The topological polar surface area (TPSA) is 66.5 Å². The van der Waals surface area contributed by atoms with Crippen molar-refractivity contribution in [2.45, 2.75) is 53.0 Å². The highest BCUT2D eigenvalue weighted by Crippen LogP contribution is 2.30. The fraction of sp³-hybridized carbons (Fsp3) is 0.375. The van der Waals surface area contributed by atoms with Gasteiger partial charge in [-0.05, 0) is 48.4 Å². The molecule has 5 heteroatoms. The number of carbonyl (C=O) groups is 3. The zero-order valence-corrected chi connectivity index (χ0v) is 17.7.